The van der Waals surface area contributed by atoms with Gasteiger partial charge in [-0.05, 0) is 68.9 Å². The van der Waals surface area contributed by atoms with Crippen LogP contribution in [0.15, 0.2) is 23.1 Å². The third-order valence-electron chi connectivity index (χ3n) is 8.54. The van der Waals surface area contributed by atoms with Gasteiger partial charge in [-0.3, -0.25) is 4.79 Å². The van der Waals surface area contributed by atoms with Crippen molar-refractivity contribution in [2.45, 2.75) is 95.0 Å². The molecule has 8 heteroatoms. The minimum atomic E-state index is -3.71. The van der Waals surface area contributed by atoms with Gasteiger partial charge in [0.1, 0.15) is 6.07 Å². The van der Waals surface area contributed by atoms with Crippen molar-refractivity contribution in [3.8, 4) is 6.07 Å². The molecule has 3 aliphatic rings. The van der Waals surface area contributed by atoms with Crippen molar-refractivity contribution in [2.75, 3.05) is 6.54 Å². The Bertz CT molecular complexity index is 1320. The zero-order chi connectivity index (χ0) is 25.8. The third kappa shape index (κ3) is 4.56. The number of hydrogen-bond donors (Lipinski definition) is 1. The van der Waals surface area contributed by atoms with E-state index in [-0.39, 0.29) is 34.2 Å². The van der Waals surface area contributed by atoms with E-state index in [1.807, 2.05) is 11.6 Å². The summed E-state index contributed by atoms with van der Waals surface area (Å²) in [5.41, 5.74) is 2.54. The second kappa shape index (κ2) is 9.18. The predicted molar refractivity (Wildman–Crippen MR) is 140 cm³/mol. The highest BCUT2D eigenvalue weighted by molar-refractivity contribution is 7.89. The van der Waals surface area contributed by atoms with Crippen molar-refractivity contribution in [2.24, 2.45) is 18.4 Å². The summed E-state index contributed by atoms with van der Waals surface area (Å²) in [7, 11) is -1.79. The van der Waals surface area contributed by atoms with Crippen LogP contribution in [0, 0.1) is 22.7 Å². The van der Waals surface area contributed by atoms with Crippen molar-refractivity contribution in [1.29, 1.82) is 5.26 Å². The molecule has 1 atom stereocenters. The number of sulfonamides is 1. The number of amides is 1. The average Bonchev–Trinajstić information content (AvgIpc) is 3.45. The lowest BCUT2D eigenvalue weighted by atomic mass is 9.82. The van der Waals surface area contributed by atoms with E-state index in [0.717, 1.165) is 48.8 Å². The number of nitriles is 1. The van der Waals surface area contributed by atoms with Crippen LogP contribution in [0.4, 0.5) is 0 Å². The summed E-state index contributed by atoms with van der Waals surface area (Å²) in [4.78, 5) is 15.6. The van der Waals surface area contributed by atoms with Gasteiger partial charge in [-0.1, -0.05) is 26.8 Å². The Morgan fingerprint density at radius 1 is 1.08 bits per heavy atom. The summed E-state index contributed by atoms with van der Waals surface area (Å²) in [6, 6.07) is 7.52. The highest BCUT2D eigenvalue weighted by Gasteiger charge is 2.40. The Morgan fingerprint density at radius 2 is 1.78 bits per heavy atom. The smallest absolute Gasteiger partial charge is 0.240 e. The largest absolute Gasteiger partial charge is 0.346 e. The molecule has 7 nitrogen and oxygen atoms in total. The summed E-state index contributed by atoms with van der Waals surface area (Å²) >= 11 is 0. The van der Waals surface area contributed by atoms with Gasteiger partial charge in [0.25, 0.3) is 0 Å². The fraction of sp³-hybridized carbons (Fsp3) is 0.643. The number of nitrogens with zero attached hydrogens (tertiary/aromatic N) is 3. The number of likely N-dealkylation sites (tertiary alicyclic amines) is 1. The maximum atomic E-state index is 13.3. The van der Waals surface area contributed by atoms with Gasteiger partial charge < -0.3 is 9.47 Å². The van der Waals surface area contributed by atoms with Crippen molar-refractivity contribution in [1.82, 2.24) is 14.2 Å². The topological polar surface area (TPSA) is 95.2 Å². The molecule has 2 aromatic rings. The summed E-state index contributed by atoms with van der Waals surface area (Å²) in [5, 5.41) is 10.5. The summed E-state index contributed by atoms with van der Waals surface area (Å²) in [6.07, 6.45) is 7.04. The van der Waals surface area contributed by atoms with Gasteiger partial charge in [0.05, 0.1) is 16.0 Å². The summed E-state index contributed by atoms with van der Waals surface area (Å²) in [6.45, 7) is 7.45. The number of benzene rings is 1. The molecule has 2 aliphatic carbocycles. The lowest BCUT2D eigenvalue weighted by Gasteiger charge is -2.38. The minimum absolute atomic E-state index is 0.0151. The number of nitrogens with one attached hydrogen (secondary N) is 1. The molecule has 5 rings (SSSR count). The number of aryl methyl sites for hydroxylation is 1. The molecule has 1 aliphatic heterocycles. The van der Waals surface area contributed by atoms with Gasteiger partial charge in [0.15, 0.2) is 0 Å². The Balaban J connectivity index is 1.26. The van der Waals surface area contributed by atoms with Crippen molar-refractivity contribution in [3.63, 3.8) is 0 Å². The first-order valence-corrected chi connectivity index (χ1v) is 14.8. The number of rotatable bonds is 5. The third-order valence-corrected chi connectivity index (χ3v) is 10.1. The summed E-state index contributed by atoms with van der Waals surface area (Å²) in [5.74, 6) is 0.633. The molecule has 1 aromatic heterocycles. The maximum absolute atomic E-state index is 13.3. The minimum Gasteiger partial charge on any atom is -0.346 e. The molecule has 3 fully saturated rings. The van der Waals surface area contributed by atoms with Crippen LogP contribution in [-0.4, -0.2) is 42.4 Å². The van der Waals surface area contributed by atoms with E-state index in [0.29, 0.717) is 37.2 Å². The van der Waals surface area contributed by atoms with Crippen LogP contribution in [-0.2, 0) is 21.9 Å². The Labute approximate surface area is 214 Å². The molecule has 1 N–H and O–H groups in total. The van der Waals surface area contributed by atoms with Gasteiger partial charge >= 0.3 is 0 Å². The predicted octanol–water partition coefficient (Wildman–Crippen LogP) is 4.80. The van der Waals surface area contributed by atoms with E-state index in [9.17, 15) is 18.5 Å². The number of hydrogen-bond acceptors (Lipinski definition) is 4. The normalized spacial score (nSPS) is 25.3. The van der Waals surface area contributed by atoms with Crippen molar-refractivity contribution < 1.29 is 13.2 Å². The highest BCUT2D eigenvalue weighted by Crippen LogP contribution is 2.44. The number of aromatic nitrogens is 1. The Morgan fingerprint density at radius 3 is 2.39 bits per heavy atom. The van der Waals surface area contributed by atoms with E-state index in [1.54, 1.807) is 18.2 Å². The van der Waals surface area contributed by atoms with E-state index in [2.05, 4.69) is 36.5 Å². The number of carbonyl (C=O) groups excluding carboxylic acids is 1. The van der Waals surface area contributed by atoms with Crippen LogP contribution in [0.5, 0.6) is 0 Å². The fourth-order valence-electron chi connectivity index (χ4n) is 6.47. The van der Waals surface area contributed by atoms with Crippen molar-refractivity contribution >= 4 is 26.8 Å². The van der Waals surface area contributed by atoms with Gasteiger partial charge in [0.2, 0.25) is 15.9 Å². The molecular weight excluding hydrogens is 472 g/mol. The molecule has 0 bridgehead atoms. The Hall–Kier alpha value is -2.37. The van der Waals surface area contributed by atoms with E-state index in [1.165, 1.54) is 0 Å². The van der Waals surface area contributed by atoms with Gasteiger partial charge in [-0.15, -0.1) is 0 Å². The first-order valence-electron chi connectivity index (χ1n) is 13.4. The molecular formula is C28H38N4O3S. The zero-order valence-corrected chi connectivity index (χ0v) is 22.7. The SMILES string of the molecule is Cn1c(C2CC2)c(C#N)c2ccc(S(=O)(=O)N[C@H]3CC[C@H](C(=O)N4CCCC4C(C)(C)C)CC3)cc21. The first-order chi connectivity index (χ1) is 17.0. The molecule has 2 saturated carbocycles. The van der Waals surface area contributed by atoms with Crippen LogP contribution in [0.3, 0.4) is 0 Å². The second-order valence-electron chi connectivity index (χ2n) is 12.1. The maximum Gasteiger partial charge on any atom is 0.240 e. The quantitative estimate of drug-likeness (QED) is 0.625. The van der Waals surface area contributed by atoms with Gasteiger partial charge in [-0.2, -0.15) is 5.26 Å². The fourth-order valence-corrected chi connectivity index (χ4v) is 7.79. The molecule has 1 aromatic carbocycles. The van der Waals surface area contributed by atoms with Crippen molar-refractivity contribution in [3.05, 3.63) is 29.5 Å². The lowest BCUT2D eigenvalue weighted by molar-refractivity contribution is -0.139. The molecule has 1 unspecified atom stereocenters. The van der Waals surface area contributed by atoms with Crippen LogP contribution in [0.1, 0.15) is 89.3 Å². The first kappa shape index (κ1) is 25.3. The molecule has 0 spiro atoms. The van der Waals surface area contributed by atoms with Crippen LogP contribution < -0.4 is 4.72 Å². The van der Waals surface area contributed by atoms with E-state index >= 15 is 0 Å². The highest BCUT2D eigenvalue weighted by atomic mass is 32.2. The van der Waals surface area contributed by atoms with Gasteiger partial charge in [0, 0.05) is 48.6 Å². The monoisotopic (exact) mass is 510 g/mol. The molecule has 194 valence electrons. The zero-order valence-electron chi connectivity index (χ0n) is 21.9. The second-order valence-corrected chi connectivity index (χ2v) is 13.8. The average molecular weight is 511 g/mol. The van der Waals surface area contributed by atoms with Gasteiger partial charge in [-0.25, -0.2) is 13.1 Å². The molecule has 0 radical (unpaired) electrons. The molecule has 2 heterocycles. The molecule has 1 saturated heterocycles. The van der Waals surface area contributed by atoms with E-state index in [4.69, 9.17) is 0 Å². The standard InChI is InChI=1S/C28H38N4O3S/c1-28(2,3)25-6-5-15-32(25)27(33)19-9-11-20(12-10-19)30-36(34,35)21-13-14-22-23(17-29)26(18-7-8-18)31(4)24(22)16-21/h13-14,16,18-20,25,30H,5-12,15H2,1-4H3/t19-,20-,25?. The van der Waals surface area contributed by atoms with Crippen LogP contribution in [0.25, 0.3) is 10.9 Å². The van der Waals surface area contributed by atoms with E-state index < -0.39 is 10.0 Å². The summed E-state index contributed by atoms with van der Waals surface area (Å²) < 4.78 is 31.5. The number of carbonyl (C=O) groups is 1. The van der Waals surface area contributed by atoms with Crippen LogP contribution in [0.2, 0.25) is 0 Å². The molecule has 36 heavy (non-hydrogen) atoms. The number of fused-ring (bicyclic) bond motifs is 1. The van der Waals surface area contributed by atoms with Crippen LogP contribution >= 0.6 is 0 Å². The Kier molecular flexibility index (Phi) is 6.45. The molecule has 1 amide bonds. The lowest BCUT2D eigenvalue weighted by Crippen LogP contribution is -2.47.